The highest BCUT2D eigenvalue weighted by molar-refractivity contribution is 6.33. The van der Waals surface area contributed by atoms with Gasteiger partial charge in [-0.15, -0.1) is 0 Å². The monoisotopic (exact) mass is 349 g/mol. The molecule has 0 N–H and O–H groups in total. The highest BCUT2D eigenvalue weighted by Gasteiger charge is 2.17. The van der Waals surface area contributed by atoms with E-state index in [4.69, 9.17) is 25.6 Å². The number of benzene rings is 2. The van der Waals surface area contributed by atoms with Gasteiger partial charge >= 0.3 is 5.97 Å². The number of fused-ring (bicyclic) bond motifs is 1. The Morgan fingerprint density at radius 3 is 2.88 bits per heavy atom. The first-order valence-corrected chi connectivity index (χ1v) is 7.60. The zero-order valence-electron chi connectivity index (χ0n) is 12.7. The molecular weight excluding hydrogens is 337 g/mol. The molecule has 1 heterocycles. The summed E-state index contributed by atoms with van der Waals surface area (Å²) in [5, 5.41) is 4.72. The minimum atomic E-state index is -0.502. The zero-order chi connectivity index (χ0) is 17.1. The molecule has 24 heavy (non-hydrogen) atoms. The van der Waals surface area contributed by atoms with Crippen molar-refractivity contribution < 1.29 is 23.2 Å². The first kappa shape index (κ1) is 16.3. The maximum absolute atomic E-state index is 14.0. The molecule has 0 spiro atoms. The summed E-state index contributed by atoms with van der Waals surface area (Å²) in [6.45, 7) is 1.70. The van der Waals surface area contributed by atoms with Gasteiger partial charge in [0.2, 0.25) is 0 Å². The Kier molecular flexibility index (Phi) is 4.66. The van der Waals surface area contributed by atoms with Crippen LogP contribution in [0.3, 0.4) is 0 Å². The lowest BCUT2D eigenvalue weighted by Gasteiger charge is -2.07. The van der Waals surface area contributed by atoms with Crippen LogP contribution in [0.2, 0.25) is 5.02 Å². The Morgan fingerprint density at radius 2 is 2.12 bits per heavy atom. The van der Waals surface area contributed by atoms with E-state index in [9.17, 15) is 9.18 Å². The fraction of sp³-hybridized carbons (Fsp3) is 0.176. The van der Waals surface area contributed by atoms with Crippen LogP contribution in [0.1, 0.15) is 6.92 Å². The number of rotatable bonds is 5. The number of carbonyl (C=O) groups excluding carboxylic acids is 1. The molecule has 0 saturated carbocycles. The molecule has 124 valence electrons. The molecule has 0 amide bonds. The molecule has 0 aliphatic carbocycles. The van der Waals surface area contributed by atoms with Crippen LogP contribution in [0.5, 0.6) is 5.75 Å². The molecule has 0 bridgehead atoms. The Balaban J connectivity index is 1.94. The summed E-state index contributed by atoms with van der Waals surface area (Å²) in [6.07, 6.45) is 0. The van der Waals surface area contributed by atoms with Crippen LogP contribution in [0.15, 0.2) is 40.9 Å². The van der Waals surface area contributed by atoms with E-state index >= 15 is 0 Å². The smallest absolute Gasteiger partial charge is 0.344 e. The van der Waals surface area contributed by atoms with Crippen molar-refractivity contribution in [1.82, 2.24) is 5.16 Å². The molecule has 0 aliphatic rings. The van der Waals surface area contributed by atoms with Gasteiger partial charge in [-0.05, 0) is 25.1 Å². The van der Waals surface area contributed by atoms with Crippen LogP contribution in [-0.4, -0.2) is 24.3 Å². The van der Waals surface area contributed by atoms with Crippen molar-refractivity contribution in [3.05, 3.63) is 47.2 Å². The number of carbonyl (C=O) groups is 1. The van der Waals surface area contributed by atoms with Gasteiger partial charge in [-0.2, -0.15) is 0 Å². The molecule has 0 atom stereocenters. The lowest BCUT2D eigenvalue weighted by atomic mass is 10.1. The van der Waals surface area contributed by atoms with Crippen molar-refractivity contribution in [2.75, 3.05) is 13.2 Å². The average molecular weight is 350 g/mol. The second kappa shape index (κ2) is 6.88. The predicted octanol–water partition coefficient (Wildman–Crippen LogP) is 4.23. The molecule has 0 radical (unpaired) electrons. The Hall–Kier alpha value is -2.60. The molecule has 3 aromatic rings. The fourth-order valence-electron chi connectivity index (χ4n) is 2.24. The maximum atomic E-state index is 14.0. The Labute approximate surface area is 141 Å². The number of halogens is 2. The number of hydrogen-bond acceptors (Lipinski definition) is 5. The zero-order valence-corrected chi connectivity index (χ0v) is 13.5. The lowest BCUT2D eigenvalue weighted by Crippen LogP contribution is -2.14. The summed E-state index contributed by atoms with van der Waals surface area (Å²) in [5.41, 5.74) is 1.03. The van der Waals surface area contributed by atoms with Crippen molar-refractivity contribution in [2.24, 2.45) is 0 Å². The molecule has 1 aromatic heterocycles. The number of ether oxygens (including phenoxy) is 2. The quantitative estimate of drug-likeness (QED) is 0.645. The summed E-state index contributed by atoms with van der Waals surface area (Å²) >= 11 is 6.18. The van der Waals surface area contributed by atoms with Gasteiger partial charge in [0.05, 0.1) is 17.0 Å². The first-order chi connectivity index (χ1) is 11.6. The number of hydrogen-bond donors (Lipinski definition) is 0. The number of aromatic nitrogens is 1. The van der Waals surface area contributed by atoms with Crippen molar-refractivity contribution in [3.63, 3.8) is 0 Å². The van der Waals surface area contributed by atoms with Crippen LogP contribution < -0.4 is 4.74 Å². The summed E-state index contributed by atoms with van der Waals surface area (Å²) in [6, 6.07) is 9.32. The lowest BCUT2D eigenvalue weighted by molar-refractivity contribution is -0.145. The van der Waals surface area contributed by atoms with E-state index < -0.39 is 11.8 Å². The van der Waals surface area contributed by atoms with Crippen LogP contribution >= 0.6 is 11.6 Å². The average Bonchev–Trinajstić information content (AvgIpc) is 2.96. The van der Waals surface area contributed by atoms with E-state index in [0.29, 0.717) is 22.2 Å². The van der Waals surface area contributed by atoms with Crippen molar-refractivity contribution in [3.8, 4) is 17.0 Å². The molecule has 3 rings (SSSR count). The standard InChI is InChI=1S/C17H13ClFNO4/c1-2-22-16(21)9-23-15-8-14-11(7-12(15)18)17(20-24-14)10-5-3-4-6-13(10)19/h3-8H,2,9H2,1H3. The van der Waals surface area contributed by atoms with Gasteiger partial charge < -0.3 is 14.0 Å². The molecule has 2 aromatic carbocycles. The van der Waals surface area contributed by atoms with E-state index in [2.05, 4.69) is 5.16 Å². The first-order valence-electron chi connectivity index (χ1n) is 7.22. The molecule has 7 heteroatoms. The van der Waals surface area contributed by atoms with Gasteiger partial charge in [-0.1, -0.05) is 28.9 Å². The highest BCUT2D eigenvalue weighted by Crippen LogP contribution is 2.36. The molecule has 0 unspecified atom stereocenters. The second-order valence-corrected chi connectivity index (χ2v) is 5.29. The molecule has 0 saturated heterocycles. The maximum Gasteiger partial charge on any atom is 0.344 e. The van der Waals surface area contributed by atoms with Gasteiger partial charge in [0.25, 0.3) is 0 Å². The molecule has 0 aliphatic heterocycles. The summed E-state index contributed by atoms with van der Waals surface area (Å²) in [4.78, 5) is 11.4. The van der Waals surface area contributed by atoms with E-state index in [1.54, 1.807) is 31.2 Å². The Bertz CT molecular complexity index is 893. The Morgan fingerprint density at radius 1 is 1.33 bits per heavy atom. The number of esters is 1. The van der Waals surface area contributed by atoms with E-state index in [-0.39, 0.29) is 24.0 Å². The third-order valence-corrected chi connectivity index (χ3v) is 3.60. The van der Waals surface area contributed by atoms with E-state index in [1.807, 2.05) is 0 Å². The van der Waals surface area contributed by atoms with Crippen molar-refractivity contribution >= 4 is 28.5 Å². The van der Waals surface area contributed by atoms with Gasteiger partial charge in [-0.25, -0.2) is 9.18 Å². The van der Waals surface area contributed by atoms with Gasteiger partial charge in [0.1, 0.15) is 17.3 Å². The summed E-state index contributed by atoms with van der Waals surface area (Å²) in [5.74, 6) is -0.654. The third kappa shape index (κ3) is 3.19. The van der Waals surface area contributed by atoms with Crippen LogP contribution in [-0.2, 0) is 9.53 Å². The van der Waals surface area contributed by atoms with E-state index in [1.165, 1.54) is 12.1 Å². The normalized spacial score (nSPS) is 10.8. The third-order valence-electron chi connectivity index (χ3n) is 3.30. The van der Waals surface area contributed by atoms with Crippen LogP contribution in [0.4, 0.5) is 4.39 Å². The van der Waals surface area contributed by atoms with Crippen LogP contribution in [0, 0.1) is 5.82 Å². The highest BCUT2D eigenvalue weighted by atomic mass is 35.5. The minimum Gasteiger partial charge on any atom is -0.480 e. The molecular formula is C17H13ClFNO4. The number of nitrogens with zero attached hydrogens (tertiary/aromatic N) is 1. The van der Waals surface area contributed by atoms with Crippen LogP contribution in [0.25, 0.3) is 22.2 Å². The van der Waals surface area contributed by atoms with E-state index in [0.717, 1.165) is 0 Å². The minimum absolute atomic E-state index is 0.257. The SMILES string of the molecule is CCOC(=O)COc1cc2onc(-c3ccccc3F)c2cc1Cl. The second-order valence-electron chi connectivity index (χ2n) is 4.88. The summed E-state index contributed by atoms with van der Waals surface area (Å²) < 4.78 is 29.3. The van der Waals surface area contributed by atoms with Crippen molar-refractivity contribution in [2.45, 2.75) is 6.92 Å². The van der Waals surface area contributed by atoms with Gasteiger partial charge in [0, 0.05) is 11.6 Å². The fourth-order valence-corrected chi connectivity index (χ4v) is 2.45. The van der Waals surface area contributed by atoms with Crippen molar-refractivity contribution in [1.29, 1.82) is 0 Å². The summed E-state index contributed by atoms with van der Waals surface area (Å²) in [7, 11) is 0. The largest absolute Gasteiger partial charge is 0.480 e. The molecule has 0 fully saturated rings. The van der Waals surface area contributed by atoms with Gasteiger partial charge in [-0.3, -0.25) is 0 Å². The topological polar surface area (TPSA) is 61.6 Å². The predicted molar refractivity (Wildman–Crippen MR) is 86.5 cm³/mol. The van der Waals surface area contributed by atoms with Gasteiger partial charge in [0.15, 0.2) is 12.2 Å². The molecule has 5 nitrogen and oxygen atoms in total.